The molecule has 135 heavy (non-hydrogen) atoms. The van der Waals surface area contributed by atoms with E-state index in [1.54, 1.807) is 56.1 Å². The molecule has 2 aromatic heterocycles. The molecule has 43 nitrogen and oxygen atoms in total. The minimum Gasteiger partial charge on any atom is -0.480 e. The lowest BCUT2D eigenvalue weighted by Crippen LogP contribution is -2.61. The second kappa shape index (κ2) is 56.2. The Morgan fingerprint density at radius 2 is 1.10 bits per heavy atom. The standard InChI is InChI=1S/C92H136N24O19/c1-5-6-22-68(105-80(121)55-112-37-32-64(33-38-112)103-85(129)69(104-78(119)53-101-76(117)27-16-20-61-30-28-60(2)29-31-61)24-12-14-35-98-79(120)54-113-39-41-114(56-81(122)123)43-45-116(58-83(126)127)46-44-115(42-40-113)57-82(124)125)86(130)107-71-50-77(118)97-34-15-13-25-74(84(93)128)110(3)91(135)73(48-63-51-100-67-23-11-10-21-66(63)67)109-89(133)75(26-17-36-99-92(94)95)111(4)90(134)72(47-62-18-8-7-9-19-62)108-87(131)70(106-88(71)132)49-65-52-96-59-102-65/h7-11,18-19,21,23,28-31,51-52,59,64,68-75,100H,5-6,12-17,20,22,24-27,32-50,53-58H2,1-4H3,(H2,93,128)(H,96,102)(H,97,118)(H,98,120)(H,101,117)(H,103,129)(H,104,119)(H,105,121)(H,106,132)(H,107,130)(H,108,131)(H,109,133)(H,122,123)(H,124,125)(H,126,127)(H4,94,95,99)/t68-,69-,70-,71-,72+,73-,74-,75-/m0/s1. The Hall–Kier alpha value is -13.0. The largest absolute Gasteiger partial charge is 0.480 e. The van der Waals surface area contributed by atoms with Crippen LogP contribution in [0.15, 0.2) is 97.6 Å². The number of nitrogens with two attached hydrogens (primary N) is 2. The molecule has 3 aliphatic heterocycles. The number of hydrogen-bond donors (Lipinski definition) is 19. The molecule has 738 valence electrons. The number of H-pyrrole nitrogens is 2. The third kappa shape index (κ3) is 38.1. The van der Waals surface area contributed by atoms with Crippen LogP contribution in [0.25, 0.3) is 10.9 Å². The molecule has 8 rings (SSSR count). The first kappa shape index (κ1) is 107. The lowest BCUT2D eigenvalue weighted by atomic mass is 10.00. The van der Waals surface area contributed by atoms with Crippen molar-refractivity contribution in [3.05, 3.63) is 126 Å². The summed E-state index contributed by atoms with van der Waals surface area (Å²) in [6.07, 6.45) is 7.42. The maximum Gasteiger partial charge on any atom is 0.317 e. The monoisotopic (exact) mass is 1880 g/mol. The van der Waals surface area contributed by atoms with E-state index in [1.807, 2.05) is 67.3 Å². The summed E-state index contributed by atoms with van der Waals surface area (Å²) >= 11 is 0. The zero-order chi connectivity index (χ0) is 97.9. The topological polar surface area (TPSA) is 609 Å². The average Bonchev–Trinajstić information content (AvgIpc) is 1.76. The van der Waals surface area contributed by atoms with E-state index in [4.69, 9.17) is 16.9 Å². The summed E-state index contributed by atoms with van der Waals surface area (Å²) in [6, 6.07) is 12.3. The first-order chi connectivity index (χ1) is 64.7. The van der Waals surface area contributed by atoms with Crippen molar-refractivity contribution >= 4 is 112 Å². The molecule has 13 amide bonds. The molecule has 3 fully saturated rings. The van der Waals surface area contributed by atoms with Crippen LogP contribution in [0, 0.1) is 12.3 Å². The third-order valence-electron chi connectivity index (χ3n) is 24.2. The highest BCUT2D eigenvalue weighted by molar-refractivity contribution is 6.00. The zero-order valence-electron chi connectivity index (χ0n) is 77.6. The van der Waals surface area contributed by atoms with Gasteiger partial charge in [-0.25, -0.2) is 4.98 Å². The van der Waals surface area contributed by atoms with E-state index >= 15 is 24.0 Å². The minimum absolute atomic E-state index is 0.00828. The van der Waals surface area contributed by atoms with Crippen LogP contribution in [0.3, 0.4) is 0 Å². The summed E-state index contributed by atoms with van der Waals surface area (Å²) in [5.74, 6) is -12.8. The number of carboxylic acids is 3. The maximum absolute atomic E-state index is 15.5. The fourth-order valence-electron chi connectivity index (χ4n) is 16.6. The zero-order valence-corrected chi connectivity index (χ0v) is 77.6. The number of piperidine rings is 1. The molecule has 5 heterocycles. The number of primary amides is 1. The average molecular weight is 1880 g/mol. The summed E-state index contributed by atoms with van der Waals surface area (Å²) in [6.45, 7) is 4.47. The number of amides is 13. The number of fused-ring (bicyclic) bond motifs is 1. The Morgan fingerprint density at radius 1 is 0.541 bits per heavy atom. The Balaban J connectivity index is 0.951. The first-order valence-corrected chi connectivity index (χ1v) is 46.4. The van der Waals surface area contributed by atoms with Gasteiger partial charge in [-0.15, -0.1) is 0 Å². The summed E-state index contributed by atoms with van der Waals surface area (Å²) in [5, 5.41) is 68.4. The molecule has 0 aliphatic carbocycles. The number of guanidine groups is 1. The second-order valence-corrected chi connectivity index (χ2v) is 34.8. The van der Waals surface area contributed by atoms with Gasteiger partial charge in [-0.1, -0.05) is 98.1 Å². The summed E-state index contributed by atoms with van der Waals surface area (Å²) < 4.78 is 0. The highest BCUT2D eigenvalue weighted by Gasteiger charge is 2.40. The number of aromatic nitrogens is 3. The Morgan fingerprint density at radius 3 is 1.72 bits per heavy atom. The molecule has 0 spiro atoms. The van der Waals surface area contributed by atoms with Crippen molar-refractivity contribution in [2.45, 2.75) is 197 Å². The van der Waals surface area contributed by atoms with Gasteiger partial charge in [0, 0.05) is 160 Å². The van der Waals surface area contributed by atoms with Crippen LogP contribution in [0.2, 0.25) is 0 Å². The number of nitrogens with one attached hydrogen (secondary N) is 14. The van der Waals surface area contributed by atoms with Crippen molar-refractivity contribution < 1.29 is 92.0 Å². The van der Waals surface area contributed by atoms with Gasteiger partial charge >= 0.3 is 17.9 Å². The highest BCUT2D eigenvalue weighted by atomic mass is 16.4. The van der Waals surface area contributed by atoms with Crippen LogP contribution >= 0.6 is 0 Å². The molecule has 5 aromatic rings. The first-order valence-electron chi connectivity index (χ1n) is 46.4. The molecule has 0 unspecified atom stereocenters. The number of carboxylic acid groups (broad SMARTS) is 3. The van der Waals surface area contributed by atoms with Gasteiger partial charge in [0.05, 0.1) is 52.0 Å². The molecular formula is C92H136N24O19. The summed E-state index contributed by atoms with van der Waals surface area (Å²) in [4.78, 5) is 244. The van der Waals surface area contributed by atoms with Crippen LogP contribution in [0.5, 0.6) is 0 Å². The number of benzene rings is 3. The number of hydrogen-bond acceptors (Lipinski definition) is 23. The van der Waals surface area contributed by atoms with E-state index in [0.717, 1.165) is 31.8 Å². The maximum atomic E-state index is 15.5. The number of likely N-dealkylation sites (tertiary alicyclic amines) is 1. The molecule has 43 heteroatoms. The van der Waals surface area contributed by atoms with Gasteiger partial charge in [-0.2, -0.15) is 0 Å². The molecule has 3 saturated heterocycles. The van der Waals surface area contributed by atoms with E-state index in [1.165, 1.54) is 26.6 Å². The summed E-state index contributed by atoms with van der Waals surface area (Å²) in [7, 11) is 2.75. The number of carbonyl (C=O) groups excluding carboxylic acids is 13. The number of rotatable bonds is 41. The molecule has 21 N–H and O–H groups in total. The van der Waals surface area contributed by atoms with Crippen molar-refractivity contribution in [3.63, 3.8) is 0 Å². The molecule has 3 aromatic carbocycles. The van der Waals surface area contributed by atoms with E-state index in [9.17, 15) is 68.1 Å². The van der Waals surface area contributed by atoms with Gasteiger partial charge in [-0.05, 0) is 113 Å². The molecule has 3 aliphatic rings. The second-order valence-electron chi connectivity index (χ2n) is 34.8. The molecule has 0 saturated carbocycles. The van der Waals surface area contributed by atoms with Crippen molar-refractivity contribution in [2.75, 3.05) is 138 Å². The fourth-order valence-corrected chi connectivity index (χ4v) is 16.6. The molecule has 0 radical (unpaired) electrons. The summed E-state index contributed by atoms with van der Waals surface area (Å²) in [5.41, 5.74) is 16.1. The number of imidazole rings is 1. The van der Waals surface area contributed by atoms with E-state index < -0.39 is 150 Å². The lowest BCUT2D eigenvalue weighted by Gasteiger charge is -2.34. The Bertz CT molecular complexity index is 4730. The minimum atomic E-state index is -1.74. The van der Waals surface area contributed by atoms with E-state index in [-0.39, 0.29) is 206 Å². The lowest BCUT2D eigenvalue weighted by molar-refractivity contribution is -0.145. The van der Waals surface area contributed by atoms with Crippen LogP contribution in [0.1, 0.15) is 138 Å². The molecule has 8 atom stereocenters. The third-order valence-corrected chi connectivity index (χ3v) is 24.2. The number of aryl methyl sites for hydroxylation is 2. The van der Waals surface area contributed by atoms with Gasteiger partial charge in [0.15, 0.2) is 5.96 Å². The smallest absolute Gasteiger partial charge is 0.317 e. The fraction of sp³-hybridized carbons (Fsp3) is 0.565. The van der Waals surface area contributed by atoms with Gasteiger partial charge in [0.2, 0.25) is 76.8 Å². The number of unbranched alkanes of at least 4 members (excludes halogenated alkanes) is 2. The molecular weight excluding hydrogens is 1750 g/mol. The van der Waals surface area contributed by atoms with Crippen molar-refractivity contribution in [2.24, 2.45) is 11.5 Å². The quantitative estimate of drug-likeness (QED) is 0.0113. The van der Waals surface area contributed by atoms with E-state index in [2.05, 4.69) is 73.4 Å². The van der Waals surface area contributed by atoms with E-state index in [0.29, 0.717) is 68.2 Å². The normalized spacial score (nSPS) is 19.9. The predicted octanol–water partition coefficient (Wildman–Crippen LogP) is -2.10. The van der Waals surface area contributed by atoms with Gasteiger partial charge in [0.25, 0.3) is 0 Å². The number of para-hydroxylation sites is 1. The van der Waals surface area contributed by atoms with Crippen molar-refractivity contribution in [1.82, 2.24) is 108 Å². The van der Waals surface area contributed by atoms with Crippen molar-refractivity contribution in [1.29, 1.82) is 5.41 Å². The van der Waals surface area contributed by atoms with Gasteiger partial charge in [0.1, 0.15) is 48.3 Å². The Kier molecular flexibility index (Phi) is 44.7. The van der Waals surface area contributed by atoms with Crippen molar-refractivity contribution in [3.8, 4) is 0 Å². The van der Waals surface area contributed by atoms with Gasteiger partial charge in [-0.3, -0.25) is 107 Å². The van der Waals surface area contributed by atoms with Gasteiger partial charge < -0.3 is 105 Å². The predicted molar refractivity (Wildman–Crippen MR) is 499 cm³/mol. The van der Waals surface area contributed by atoms with Crippen LogP contribution in [-0.2, 0) is 102 Å². The SMILES string of the molecule is CCCC[C@H](NC(=O)CN1CCC(NC(=O)[C@H](CCCCNC(=O)CN2CCN(CC(=O)O)CCN(CC(=O)O)CCN(CC(=O)O)CC2)NC(=O)CNC(=O)CCCc2ccc(C)cc2)CC1)C(=O)N[C@H]1CC(=O)NCCCC[C@@H](C(N)=O)N(C)C(=O)[C@H](Cc2c[nH]c3ccccc23)NC(=O)[C@H](CCCNC(=N)N)N(C)C(=O)[C@@H](Cc2ccccc2)NC(=O)[C@H](Cc2cnc[nH]2)NC1=O. The Labute approximate surface area is 785 Å². The van der Waals surface area contributed by atoms with Crippen LogP contribution in [0.4, 0.5) is 0 Å². The van der Waals surface area contributed by atoms with Crippen LogP contribution < -0.4 is 70.0 Å². The molecule has 0 bridgehead atoms. The number of nitrogens with zero attached hydrogens (tertiary/aromatic N) is 8. The number of aliphatic carboxylic acids is 3. The van der Waals surface area contributed by atoms with Crippen LogP contribution in [-0.4, -0.2) is 358 Å². The number of likely N-dealkylation sites (N-methyl/N-ethyl adjacent to an activating group) is 2. The number of aromatic amines is 2. The highest BCUT2D eigenvalue weighted by Crippen LogP contribution is 2.23. The number of carbonyl (C=O) groups is 16.